The van der Waals surface area contributed by atoms with E-state index >= 15 is 0 Å². The third-order valence-corrected chi connectivity index (χ3v) is 11.9. The number of rotatable bonds is 4. The van der Waals surface area contributed by atoms with Crippen LogP contribution in [0.15, 0.2) is 194 Å². The smallest absolute Gasteiger partial charge is 0.238 e. The van der Waals surface area contributed by atoms with Gasteiger partial charge < -0.3 is 0 Å². The van der Waals surface area contributed by atoms with Gasteiger partial charge in [-0.05, 0) is 73.8 Å². The molecular weight excluding hydrogens is 681 g/mol. The van der Waals surface area contributed by atoms with E-state index in [1.165, 1.54) is 61.0 Å². The zero-order valence-corrected chi connectivity index (χ0v) is 30.3. The maximum atomic E-state index is 5.16. The van der Waals surface area contributed by atoms with Crippen LogP contribution >= 0.6 is 0 Å². The lowest BCUT2D eigenvalue weighted by Gasteiger charge is -2.30. The van der Waals surface area contributed by atoms with Gasteiger partial charge in [-0.1, -0.05) is 176 Å². The minimum absolute atomic E-state index is 0.370. The number of hydrogen-bond acceptors (Lipinski definition) is 3. The van der Waals surface area contributed by atoms with Gasteiger partial charge in [-0.15, -0.1) is 0 Å². The summed E-state index contributed by atoms with van der Waals surface area (Å²) < 4.78 is 2.21. The Hall–Kier alpha value is -7.43. The van der Waals surface area contributed by atoms with Crippen LogP contribution < -0.4 is 0 Å². The van der Waals surface area contributed by atoms with Crippen LogP contribution in [0.3, 0.4) is 0 Å². The van der Waals surface area contributed by atoms with Crippen LogP contribution in [-0.4, -0.2) is 19.5 Å². The molecule has 0 amide bonds. The van der Waals surface area contributed by atoms with Gasteiger partial charge in [-0.25, -0.2) is 4.98 Å². The summed E-state index contributed by atoms with van der Waals surface area (Å²) in [5.74, 6) is 1.86. The van der Waals surface area contributed by atoms with Gasteiger partial charge in [-0.3, -0.25) is 4.57 Å². The third-order valence-electron chi connectivity index (χ3n) is 11.9. The van der Waals surface area contributed by atoms with Gasteiger partial charge in [0.2, 0.25) is 5.95 Å². The molecular formula is C52H32N4. The molecule has 56 heavy (non-hydrogen) atoms. The molecule has 0 atom stereocenters. The summed E-state index contributed by atoms with van der Waals surface area (Å²) in [6.45, 7) is 0. The SMILES string of the molecule is c1ccc(-c2nc(-c3ccccc3)nc(-n3c4ccccc4c4c(-c5ccc6c(c5)-c5ccccc5C65c6ccccc6-c6ccccc65)cccc43)n2)cc1. The molecule has 0 N–H and O–H groups in total. The Balaban J connectivity index is 1.10. The van der Waals surface area contributed by atoms with Gasteiger partial charge in [-0.2, -0.15) is 9.97 Å². The van der Waals surface area contributed by atoms with Gasteiger partial charge in [0.15, 0.2) is 11.6 Å². The first-order valence-corrected chi connectivity index (χ1v) is 19.1. The molecule has 2 aliphatic carbocycles. The molecule has 10 aromatic rings. The van der Waals surface area contributed by atoms with Crippen LogP contribution in [0.1, 0.15) is 22.3 Å². The standard InChI is InChI=1S/C52H32N4/c1-3-16-33(17-4-1)49-53-50(34-18-5-2-6-19-34)55-51(54-49)56-46-28-14-10-23-40(46)48-36(24-15-29-47(48)56)35-30-31-45-41(32-35)39-22-9-13-27-44(39)52(45)42-25-11-7-20-37(42)38-21-8-12-26-43(38)52/h1-32H. The molecule has 260 valence electrons. The first-order chi connectivity index (χ1) is 27.8. The van der Waals surface area contributed by atoms with Gasteiger partial charge in [0.25, 0.3) is 0 Å². The fraction of sp³-hybridized carbons (Fsp3) is 0.0192. The molecule has 2 heterocycles. The second-order valence-corrected chi connectivity index (χ2v) is 14.7. The van der Waals surface area contributed by atoms with Crippen molar-refractivity contribution < 1.29 is 0 Å². The lowest BCUT2D eigenvalue weighted by molar-refractivity contribution is 0.794. The van der Waals surface area contributed by atoms with Crippen molar-refractivity contribution in [2.75, 3.05) is 0 Å². The lowest BCUT2D eigenvalue weighted by atomic mass is 9.70. The van der Waals surface area contributed by atoms with E-state index in [0.717, 1.165) is 27.5 Å². The van der Waals surface area contributed by atoms with E-state index in [1.807, 2.05) is 36.4 Å². The van der Waals surface area contributed by atoms with Crippen molar-refractivity contribution in [1.29, 1.82) is 0 Å². The average Bonchev–Trinajstić information content (AvgIpc) is 3.89. The van der Waals surface area contributed by atoms with Crippen LogP contribution in [0, 0.1) is 0 Å². The predicted molar refractivity (Wildman–Crippen MR) is 227 cm³/mol. The molecule has 0 fully saturated rings. The van der Waals surface area contributed by atoms with E-state index < -0.39 is 0 Å². The van der Waals surface area contributed by atoms with Gasteiger partial charge in [0.1, 0.15) is 0 Å². The molecule has 4 nitrogen and oxygen atoms in total. The molecule has 0 saturated heterocycles. The van der Waals surface area contributed by atoms with Crippen LogP contribution in [0.4, 0.5) is 0 Å². The van der Waals surface area contributed by atoms with E-state index in [2.05, 4.69) is 162 Å². The largest absolute Gasteiger partial charge is 0.278 e. The Morgan fingerprint density at radius 2 is 0.821 bits per heavy atom. The van der Waals surface area contributed by atoms with E-state index in [1.54, 1.807) is 0 Å². The molecule has 4 heteroatoms. The Labute approximate surface area is 324 Å². The molecule has 0 unspecified atom stereocenters. The van der Waals surface area contributed by atoms with Crippen molar-refractivity contribution in [2.45, 2.75) is 5.41 Å². The first-order valence-electron chi connectivity index (χ1n) is 19.1. The van der Waals surface area contributed by atoms with Gasteiger partial charge >= 0.3 is 0 Å². The predicted octanol–water partition coefficient (Wildman–Crippen LogP) is 12.3. The van der Waals surface area contributed by atoms with Crippen LogP contribution in [0.2, 0.25) is 0 Å². The Bertz CT molecular complexity index is 3090. The van der Waals surface area contributed by atoms with E-state index in [9.17, 15) is 0 Å². The first kappa shape index (κ1) is 31.0. The summed E-state index contributed by atoms with van der Waals surface area (Å²) in [5, 5.41) is 2.32. The van der Waals surface area contributed by atoms with Crippen molar-refractivity contribution in [3.8, 4) is 62.1 Å². The summed E-state index contributed by atoms with van der Waals surface area (Å²) in [7, 11) is 0. The number of aromatic nitrogens is 4. The second kappa shape index (κ2) is 11.8. The summed E-state index contributed by atoms with van der Waals surface area (Å²) >= 11 is 0. The zero-order valence-electron chi connectivity index (χ0n) is 30.3. The average molecular weight is 713 g/mol. The maximum Gasteiger partial charge on any atom is 0.238 e. The number of hydrogen-bond donors (Lipinski definition) is 0. The number of fused-ring (bicyclic) bond motifs is 13. The highest BCUT2D eigenvalue weighted by Gasteiger charge is 2.51. The van der Waals surface area contributed by atoms with Gasteiger partial charge in [0, 0.05) is 21.9 Å². The highest BCUT2D eigenvalue weighted by atomic mass is 15.2. The number of para-hydroxylation sites is 1. The van der Waals surface area contributed by atoms with Crippen LogP contribution in [0.5, 0.6) is 0 Å². The molecule has 0 saturated carbocycles. The quantitative estimate of drug-likeness (QED) is 0.182. The summed E-state index contributed by atoms with van der Waals surface area (Å²) in [5.41, 5.74) is 16.5. The van der Waals surface area contributed by atoms with Crippen molar-refractivity contribution in [1.82, 2.24) is 19.5 Å². The Kier molecular flexibility index (Phi) is 6.52. The highest BCUT2D eigenvalue weighted by molar-refractivity contribution is 6.16. The molecule has 12 rings (SSSR count). The van der Waals surface area contributed by atoms with E-state index in [0.29, 0.717) is 17.6 Å². The van der Waals surface area contributed by atoms with Crippen LogP contribution in [-0.2, 0) is 5.41 Å². The minimum atomic E-state index is -0.370. The van der Waals surface area contributed by atoms with Crippen LogP contribution in [0.25, 0.3) is 83.9 Å². The summed E-state index contributed by atoms with van der Waals surface area (Å²) in [6, 6.07) is 69.7. The molecule has 0 aliphatic heterocycles. The van der Waals surface area contributed by atoms with Gasteiger partial charge in [0.05, 0.1) is 16.4 Å². The molecule has 8 aromatic carbocycles. The summed E-state index contributed by atoms with van der Waals surface area (Å²) in [4.78, 5) is 15.3. The third kappa shape index (κ3) is 4.21. The monoisotopic (exact) mass is 712 g/mol. The number of nitrogens with zero attached hydrogens (tertiary/aromatic N) is 4. The van der Waals surface area contributed by atoms with Crippen molar-refractivity contribution in [3.05, 3.63) is 216 Å². The summed E-state index contributed by atoms with van der Waals surface area (Å²) in [6.07, 6.45) is 0. The second-order valence-electron chi connectivity index (χ2n) is 14.7. The highest BCUT2D eigenvalue weighted by Crippen LogP contribution is 2.63. The van der Waals surface area contributed by atoms with Crippen molar-refractivity contribution in [2.24, 2.45) is 0 Å². The molecule has 0 radical (unpaired) electrons. The molecule has 2 aliphatic rings. The Morgan fingerprint density at radius 3 is 1.45 bits per heavy atom. The molecule has 2 aromatic heterocycles. The molecule has 1 spiro atoms. The van der Waals surface area contributed by atoms with E-state index in [4.69, 9.17) is 15.0 Å². The van der Waals surface area contributed by atoms with Crippen molar-refractivity contribution in [3.63, 3.8) is 0 Å². The normalized spacial score (nSPS) is 13.1. The fourth-order valence-corrected chi connectivity index (χ4v) is 9.64. The Morgan fingerprint density at radius 1 is 0.339 bits per heavy atom. The lowest BCUT2D eigenvalue weighted by Crippen LogP contribution is -2.25. The maximum absolute atomic E-state index is 5.16. The van der Waals surface area contributed by atoms with Crippen molar-refractivity contribution >= 4 is 21.8 Å². The zero-order chi connectivity index (χ0) is 36.8. The molecule has 0 bridgehead atoms. The minimum Gasteiger partial charge on any atom is -0.278 e. The fourth-order valence-electron chi connectivity index (χ4n) is 9.64. The number of benzene rings is 8. The topological polar surface area (TPSA) is 43.6 Å². The van der Waals surface area contributed by atoms with E-state index in [-0.39, 0.29) is 5.41 Å².